The summed E-state index contributed by atoms with van der Waals surface area (Å²) < 4.78 is 13.1. The van der Waals surface area contributed by atoms with Gasteiger partial charge >= 0.3 is 0 Å². The Morgan fingerprint density at radius 3 is 2.24 bits per heavy atom. The van der Waals surface area contributed by atoms with E-state index in [2.05, 4.69) is 45.0 Å². The van der Waals surface area contributed by atoms with Gasteiger partial charge in [0.15, 0.2) is 0 Å². The van der Waals surface area contributed by atoms with Crippen LogP contribution in [0.5, 0.6) is 0 Å². The fourth-order valence-electron chi connectivity index (χ4n) is 2.15. The first-order valence-corrected chi connectivity index (χ1v) is 8.17. The first kappa shape index (κ1) is 15.8. The van der Waals surface area contributed by atoms with Crippen molar-refractivity contribution in [3.63, 3.8) is 0 Å². The molecule has 0 radical (unpaired) electrons. The van der Waals surface area contributed by atoms with E-state index in [9.17, 15) is 4.39 Å². The van der Waals surface area contributed by atoms with E-state index in [0.29, 0.717) is 5.25 Å². The highest BCUT2D eigenvalue weighted by molar-refractivity contribution is 8.08. The minimum Gasteiger partial charge on any atom is -0.207 e. The van der Waals surface area contributed by atoms with Crippen LogP contribution in [0, 0.1) is 5.82 Å². The third-order valence-corrected chi connectivity index (χ3v) is 5.03. The highest BCUT2D eigenvalue weighted by Gasteiger charge is 2.13. The molecule has 0 amide bonds. The predicted octanol–water partition coefficient (Wildman–Crippen LogP) is 6.46. The molecule has 2 aromatic rings. The smallest absolute Gasteiger partial charge is 0.123 e. The highest BCUT2D eigenvalue weighted by atomic mass is 32.2. The van der Waals surface area contributed by atoms with Gasteiger partial charge in [-0.1, -0.05) is 55.0 Å². The van der Waals surface area contributed by atoms with Crippen molar-refractivity contribution in [3.8, 4) is 0 Å². The number of thioether (sulfide) groups is 1. The zero-order valence-corrected chi connectivity index (χ0v) is 13.6. The molecule has 0 saturated heterocycles. The maximum absolute atomic E-state index is 13.1. The fourth-order valence-corrected chi connectivity index (χ4v) is 3.41. The molecule has 0 heterocycles. The Balaban J connectivity index is 2.28. The third kappa shape index (κ3) is 4.21. The van der Waals surface area contributed by atoms with E-state index in [1.165, 1.54) is 28.2 Å². The van der Waals surface area contributed by atoms with E-state index in [-0.39, 0.29) is 5.82 Å². The highest BCUT2D eigenvalue weighted by Crippen LogP contribution is 2.41. The summed E-state index contributed by atoms with van der Waals surface area (Å²) in [4.78, 5) is 1.26. The molecule has 0 N–H and O–H groups in total. The van der Waals surface area contributed by atoms with Gasteiger partial charge in [0.25, 0.3) is 0 Å². The van der Waals surface area contributed by atoms with Crippen LogP contribution in [0.25, 0.3) is 4.91 Å². The largest absolute Gasteiger partial charge is 0.207 e. The lowest BCUT2D eigenvalue weighted by Crippen LogP contribution is -1.92. The molecule has 21 heavy (non-hydrogen) atoms. The van der Waals surface area contributed by atoms with Crippen LogP contribution in [0.1, 0.15) is 43.6 Å². The molecule has 2 heteroatoms. The van der Waals surface area contributed by atoms with Gasteiger partial charge in [-0.3, -0.25) is 0 Å². The summed E-state index contributed by atoms with van der Waals surface area (Å²) in [6.45, 7) is 6.53. The maximum atomic E-state index is 13.1. The van der Waals surface area contributed by atoms with Crippen molar-refractivity contribution in [2.45, 2.75) is 32.4 Å². The topological polar surface area (TPSA) is 0 Å². The summed E-state index contributed by atoms with van der Waals surface area (Å²) >= 11 is 1.85. The SMILES string of the molecule is CC/C(C)=C(\SC(C)c1ccccc1)c1ccc(F)cc1. The quantitative estimate of drug-likeness (QED) is 0.610. The van der Waals surface area contributed by atoms with Gasteiger partial charge in [0, 0.05) is 10.2 Å². The summed E-state index contributed by atoms with van der Waals surface area (Å²) in [6.07, 6.45) is 1.00. The van der Waals surface area contributed by atoms with Gasteiger partial charge in [-0.2, -0.15) is 0 Å². The second kappa shape index (κ2) is 7.46. The van der Waals surface area contributed by atoms with E-state index < -0.39 is 0 Å². The predicted molar refractivity (Wildman–Crippen MR) is 91.7 cm³/mol. The lowest BCUT2D eigenvalue weighted by Gasteiger charge is -2.17. The zero-order chi connectivity index (χ0) is 15.2. The van der Waals surface area contributed by atoms with Crippen molar-refractivity contribution < 1.29 is 4.39 Å². The van der Waals surface area contributed by atoms with Crippen molar-refractivity contribution >= 4 is 16.7 Å². The summed E-state index contributed by atoms with van der Waals surface area (Å²) in [5.41, 5.74) is 3.75. The zero-order valence-electron chi connectivity index (χ0n) is 12.8. The molecule has 0 spiro atoms. The second-order valence-corrected chi connectivity index (χ2v) is 6.49. The van der Waals surface area contributed by atoms with Crippen LogP contribution in [-0.4, -0.2) is 0 Å². The van der Waals surface area contributed by atoms with Crippen LogP contribution >= 0.6 is 11.8 Å². The molecule has 110 valence electrons. The molecule has 1 unspecified atom stereocenters. The van der Waals surface area contributed by atoms with Gasteiger partial charge in [-0.15, -0.1) is 11.8 Å². The van der Waals surface area contributed by atoms with Crippen LogP contribution in [-0.2, 0) is 0 Å². The van der Waals surface area contributed by atoms with Crippen molar-refractivity contribution in [2.75, 3.05) is 0 Å². The Hall–Kier alpha value is -1.54. The van der Waals surface area contributed by atoms with Crippen molar-refractivity contribution in [3.05, 3.63) is 77.1 Å². The van der Waals surface area contributed by atoms with Gasteiger partial charge in [0.1, 0.15) is 5.82 Å². The fraction of sp³-hybridized carbons (Fsp3) is 0.263. The first-order chi connectivity index (χ1) is 10.1. The van der Waals surface area contributed by atoms with Gasteiger partial charge in [0.2, 0.25) is 0 Å². The second-order valence-electron chi connectivity index (χ2n) is 5.14. The van der Waals surface area contributed by atoms with Crippen LogP contribution < -0.4 is 0 Å². The van der Waals surface area contributed by atoms with Gasteiger partial charge in [-0.05, 0) is 43.5 Å². The molecule has 0 aromatic heterocycles. The normalized spacial score (nSPS) is 13.7. The molecule has 0 aliphatic carbocycles. The van der Waals surface area contributed by atoms with Crippen LogP contribution in [0.2, 0.25) is 0 Å². The Labute approximate surface area is 131 Å². The van der Waals surface area contributed by atoms with E-state index in [4.69, 9.17) is 0 Å². The van der Waals surface area contributed by atoms with Gasteiger partial charge in [-0.25, -0.2) is 4.39 Å². The average molecular weight is 300 g/mol. The standard InChI is InChI=1S/C19H21FS/c1-4-14(2)19(17-10-12-18(20)13-11-17)21-15(3)16-8-6-5-7-9-16/h5-13,15H,4H2,1-3H3/b19-14-. The lowest BCUT2D eigenvalue weighted by atomic mass is 10.1. The molecular weight excluding hydrogens is 279 g/mol. The molecule has 0 aliphatic rings. The summed E-state index contributed by atoms with van der Waals surface area (Å²) in [5, 5.41) is 0.368. The lowest BCUT2D eigenvalue weighted by molar-refractivity contribution is 0.627. The Morgan fingerprint density at radius 1 is 1.05 bits per heavy atom. The number of hydrogen-bond acceptors (Lipinski definition) is 1. The molecule has 2 aromatic carbocycles. The molecule has 0 fully saturated rings. The van der Waals surface area contributed by atoms with Crippen LogP contribution in [0.3, 0.4) is 0 Å². The van der Waals surface area contributed by atoms with Crippen molar-refractivity contribution in [1.82, 2.24) is 0 Å². The minimum atomic E-state index is -0.187. The van der Waals surface area contributed by atoms with Crippen molar-refractivity contribution in [2.24, 2.45) is 0 Å². The Morgan fingerprint density at radius 2 is 1.67 bits per heavy atom. The van der Waals surface area contributed by atoms with Crippen LogP contribution in [0.4, 0.5) is 4.39 Å². The Bertz CT molecular complexity index is 599. The third-order valence-electron chi connectivity index (χ3n) is 3.59. The molecule has 0 saturated carbocycles. The summed E-state index contributed by atoms with van der Waals surface area (Å²) in [5.74, 6) is -0.187. The van der Waals surface area contributed by atoms with E-state index >= 15 is 0 Å². The van der Waals surface area contributed by atoms with Gasteiger partial charge in [0.05, 0.1) is 0 Å². The van der Waals surface area contributed by atoms with E-state index in [1.807, 2.05) is 30.0 Å². The van der Waals surface area contributed by atoms with E-state index in [1.54, 1.807) is 0 Å². The minimum absolute atomic E-state index is 0.187. The molecular formula is C19H21FS. The average Bonchev–Trinajstić information content (AvgIpc) is 2.53. The monoisotopic (exact) mass is 300 g/mol. The van der Waals surface area contributed by atoms with Crippen molar-refractivity contribution in [1.29, 1.82) is 0 Å². The number of rotatable bonds is 5. The molecule has 2 rings (SSSR count). The molecule has 0 nitrogen and oxygen atoms in total. The number of hydrogen-bond donors (Lipinski definition) is 0. The summed E-state index contributed by atoms with van der Waals surface area (Å²) in [6, 6.07) is 17.3. The number of benzene rings is 2. The van der Waals surface area contributed by atoms with Gasteiger partial charge < -0.3 is 0 Å². The number of halogens is 1. The number of allylic oxidation sites excluding steroid dienone is 1. The maximum Gasteiger partial charge on any atom is 0.123 e. The van der Waals surface area contributed by atoms with Crippen LogP contribution in [0.15, 0.2) is 60.2 Å². The molecule has 1 atom stereocenters. The summed E-state index contributed by atoms with van der Waals surface area (Å²) in [7, 11) is 0. The first-order valence-electron chi connectivity index (χ1n) is 7.29. The molecule has 0 bridgehead atoms. The van der Waals surface area contributed by atoms with E-state index in [0.717, 1.165) is 12.0 Å². The molecule has 0 aliphatic heterocycles. The Kier molecular flexibility index (Phi) is 5.63.